The summed E-state index contributed by atoms with van der Waals surface area (Å²) in [7, 11) is 0. The molecule has 3 aliphatic heterocycles. The summed E-state index contributed by atoms with van der Waals surface area (Å²) in [5.41, 5.74) is 0.809. The summed E-state index contributed by atoms with van der Waals surface area (Å²) < 4.78 is 0.170. The molecule has 4 heterocycles. The van der Waals surface area contributed by atoms with Gasteiger partial charge in [0.1, 0.15) is 12.0 Å². The second-order valence-electron chi connectivity index (χ2n) is 12.1. The fourth-order valence-electron chi connectivity index (χ4n) is 7.58. The Morgan fingerprint density at radius 3 is 2.73 bits per heavy atom. The van der Waals surface area contributed by atoms with E-state index in [-0.39, 0.29) is 39.9 Å². The Morgan fingerprint density at radius 2 is 2.02 bits per heavy atom. The minimum absolute atomic E-state index is 0.00999. The lowest BCUT2D eigenvalue weighted by atomic mass is 9.86. The van der Waals surface area contributed by atoms with Crippen molar-refractivity contribution in [3.63, 3.8) is 0 Å². The van der Waals surface area contributed by atoms with Gasteiger partial charge in [-0.1, -0.05) is 49.5 Å². The topological polar surface area (TPSA) is 68.7 Å². The van der Waals surface area contributed by atoms with Gasteiger partial charge in [-0.2, -0.15) is 0 Å². The SMILES string of the molecule is C=CC1C(/C=C\C)C23CC2(C=C(C)S3)CCN1C(O)C(/C=C\C)C(C)/C=C/NC(=O)c1cccnc1N1CCCC1. The third kappa shape index (κ3) is 5.49. The van der Waals surface area contributed by atoms with Gasteiger partial charge in [0.2, 0.25) is 0 Å². The maximum absolute atomic E-state index is 13.1. The van der Waals surface area contributed by atoms with Gasteiger partial charge >= 0.3 is 0 Å². The average molecular weight is 575 g/mol. The van der Waals surface area contributed by atoms with E-state index in [4.69, 9.17) is 0 Å². The van der Waals surface area contributed by atoms with Crippen LogP contribution in [-0.4, -0.2) is 57.5 Å². The number of nitrogens with zero attached hydrogens (tertiary/aromatic N) is 3. The first kappa shape index (κ1) is 29.9. The molecule has 1 aromatic rings. The van der Waals surface area contributed by atoms with Crippen LogP contribution in [0, 0.1) is 23.2 Å². The molecule has 0 aromatic carbocycles. The van der Waals surface area contributed by atoms with Crippen molar-refractivity contribution in [1.29, 1.82) is 0 Å². The normalized spacial score (nSPS) is 32.0. The van der Waals surface area contributed by atoms with E-state index >= 15 is 0 Å². The molecule has 0 radical (unpaired) electrons. The van der Waals surface area contributed by atoms with Crippen molar-refractivity contribution in [2.45, 2.75) is 70.4 Å². The van der Waals surface area contributed by atoms with Gasteiger partial charge in [0.15, 0.2) is 0 Å². The lowest BCUT2D eigenvalue weighted by Gasteiger charge is -2.41. The zero-order chi connectivity index (χ0) is 29.2. The zero-order valence-corrected chi connectivity index (χ0v) is 25.8. The summed E-state index contributed by atoms with van der Waals surface area (Å²) in [6, 6.07) is 3.68. The van der Waals surface area contributed by atoms with E-state index in [0.29, 0.717) is 5.56 Å². The number of amides is 1. The van der Waals surface area contributed by atoms with Crippen molar-refractivity contribution in [2.24, 2.45) is 23.2 Å². The summed E-state index contributed by atoms with van der Waals surface area (Å²) in [5.74, 6) is 0.717. The smallest absolute Gasteiger partial charge is 0.258 e. The Morgan fingerprint density at radius 1 is 1.24 bits per heavy atom. The first-order valence-electron chi connectivity index (χ1n) is 15.2. The molecule has 7 unspecified atom stereocenters. The fraction of sp³-hybridized carbons (Fsp3) is 0.529. The van der Waals surface area contributed by atoms with Gasteiger partial charge < -0.3 is 15.3 Å². The van der Waals surface area contributed by atoms with E-state index in [2.05, 4.69) is 71.8 Å². The Hall–Kier alpha value is -2.61. The number of hydrogen-bond donors (Lipinski definition) is 2. The number of aliphatic hydroxyl groups excluding tert-OH is 1. The van der Waals surface area contributed by atoms with E-state index in [1.165, 1.54) is 11.3 Å². The molecule has 0 spiro atoms. The lowest BCUT2D eigenvalue weighted by Crippen LogP contribution is -2.51. The number of carbonyl (C=O) groups is 1. The molecule has 41 heavy (non-hydrogen) atoms. The predicted molar refractivity (Wildman–Crippen MR) is 171 cm³/mol. The number of allylic oxidation sites excluding steroid dienone is 5. The Kier molecular flexibility index (Phi) is 8.98. The molecular formula is C34H46N4O2S. The van der Waals surface area contributed by atoms with Crippen LogP contribution in [0.1, 0.15) is 63.7 Å². The highest BCUT2D eigenvalue weighted by atomic mass is 32.2. The molecule has 7 atom stereocenters. The number of thioether (sulfide) groups is 1. The van der Waals surface area contributed by atoms with Crippen LogP contribution in [-0.2, 0) is 0 Å². The number of likely N-dealkylation sites (tertiary alicyclic amines) is 1. The molecule has 1 aliphatic carbocycles. The summed E-state index contributed by atoms with van der Waals surface area (Å²) in [5, 5.41) is 14.9. The number of nitrogens with one attached hydrogen (secondary N) is 1. The van der Waals surface area contributed by atoms with Crippen molar-refractivity contribution in [2.75, 3.05) is 24.5 Å². The molecule has 2 N–H and O–H groups in total. The van der Waals surface area contributed by atoms with Crippen LogP contribution in [0.2, 0.25) is 0 Å². The van der Waals surface area contributed by atoms with Crippen LogP contribution in [0.4, 0.5) is 5.82 Å². The number of carbonyl (C=O) groups excluding carboxylic acids is 1. The zero-order valence-electron chi connectivity index (χ0n) is 25.0. The predicted octanol–water partition coefficient (Wildman–Crippen LogP) is 6.30. The third-order valence-corrected chi connectivity index (χ3v) is 11.2. The second-order valence-corrected chi connectivity index (χ2v) is 13.7. The molecular weight excluding hydrogens is 528 g/mol. The standard InChI is InChI=1S/C34H46N4O2S/c1-6-12-26(24(4)15-18-36-31(39)27-14-11-17-35-30(27)37-19-9-10-20-37)32(40)38-21-16-33-22-25(5)41-34(33,23-33)28(13-7-2)29(38)8-3/h6-8,11-15,17-18,22,24,26,28-29,32,40H,3,9-10,16,19-21,23H2,1-2,4-5H3,(H,36,39)/b12-6-,13-7-,18-15+. The number of pyridine rings is 1. The summed E-state index contributed by atoms with van der Waals surface area (Å²) in [6.07, 6.45) is 22.5. The highest BCUT2D eigenvalue weighted by Gasteiger charge is 2.74. The van der Waals surface area contributed by atoms with Gasteiger partial charge in [0, 0.05) is 60.1 Å². The van der Waals surface area contributed by atoms with Gasteiger partial charge in [-0.05, 0) is 69.4 Å². The third-order valence-electron chi connectivity index (χ3n) is 9.62. The summed E-state index contributed by atoms with van der Waals surface area (Å²) >= 11 is 2.04. The van der Waals surface area contributed by atoms with E-state index in [9.17, 15) is 9.90 Å². The molecule has 1 aromatic heterocycles. The molecule has 2 saturated heterocycles. The summed E-state index contributed by atoms with van der Waals surface area (Å²) in [4.78, 5) is 23.5. The van der Waals surface area contributed by atoms with Crippen molar-refractivity contribution < 1.29 is 9.90 Å². The molecule has 220 valence electrons. The van der Waals surface area contributed by atoms with E-state index in [1.807, 2.05) is 49.0 Å². The molecule has 7 heteroatoms. The Labute approximate surface area is 250 Å². The second kappa shape index (κ2) is 12.3. The molecule has 1 amide bonds. The van der Waals surface area contributed by atoms with Gasteiger partial charge in [-0.3, -0.25) is 9.69 Å². The highest BCUT2D eigenvalue weighted by molar-refractivity contribution is 8.05. The average Bonchev–Trinajstić information content (AvgIpc) is 3.25. The minimum atomic E-state index is -0.682. The van der Waals surface area contributed by atoms with Crippen molar-refractivity contribution in [3.05, 3.63) is 84.1 Å². The number of anilines is 1. The number of aliphatic hydroxyl groups is 1. The molecule has 5 rings (SSSR count). The largest absolute Gasteiger partial charge is 0.378 e. The first-order chi connectivity index (χ1) is 19.8. The van der Waals surface area contributed by atoms with Crippen LogP contribution in [0.3, 0.4) is 0 Å². The lowest BCUT2D eigenvalue weighted by molar-refractivity contribution is -0.0558. The van der Waals surface area contributed by atoms with Crippen LogP contribution in [0.5, 0.6) is 0 Å². The van der Waals surface area contributed by atoms with Gasteiger partial charge in [-0.25, -0.2) is 4.98 Å². The van der Waals surface area contributed by atoms with Crippen molar-refractivity contribution >= 4 is 23.5 Å². The van der Waals surface area contributed by atoms with Crippen molar-refractivity contribution in [1.82, 2.24) is 15.2 Å². The minimum Gasteiger partial charge on any atom is -0.378 e. The monoisotopic (exact) mass is 574 g/mol. The Balaban J connectivity index is 1.31. The van der Waals surface area contributed by atoms with Crippen LogP contribution in [0.25, 0.3) is 0 Å². The highest BCUT2D eigenvalue weighted by Crippen LogP contribution is 2.78. The quantitative estimate of drug-likeness (QED) is 0.320. The number of aromatic nitrogens is 1. The number of rotatable bonds is 10. The molecule has 0 bridgehead atoms. The van der Waals surface area contributed by atoms with E-state index < -0.39 is 6.23 Å². The van der Waals surface area contributed by atoms with E-state index in [1.54, 1.807) is 12.4 Å². The molecule has 4 aliphatic rings. The number of hydrogen-bond acceptors (Lipinski definition) is 6. The van der Waals surface area contributed by atoms with Crippen LogP contribution < -0.4 is 10.2 Å². The first-order valence-corrected chi connectivity index (χ1v) is 16.0. The van der Waals surface area contributed by atoms with Gasteiger partial charge in [0.05, 0.1) is 5.56 Å². The molecule has 1 saturated carbocycles. The fourth-order valence-corrected chi connectivity index (χ4v) is 9.49. The maximum Gasteiger partial charge on any atom is 0.258 e. The molecule has 6 nitrogen and oxygen atoms in total. The van der Waals surface area contributed by atoms with Crippen LogP contribution in [0.15, 0.2) is 78.5 Å². The van der Waals surface area contributed by atoms with Crippen LogP contribution >= 0.6 is 11.8 Å². The van der Waals surface area contributed by atoms with Crippen molar-refractivity contribution in [3.8, 4) is 0 Å². The molecule has 3 fully saturated rings. The maximum atomic E-state index is 13.1. The summed E-state index contributed by atoms with van der Waals surface area (Å²) in [6.45, 7) is 15.4. The Bertz CT molecular complexity index is 1250. The van der Waals surface area contributed by atoms with Gasteiger partial charge in [0.25, 0.3) is 5.91 Å². The van der Waals surface area contributed by atoms with E-state index in [0.717, 1.165) is 44.7 Å². The van der Waals surface area contributed by atoms with Gasteiger partial charge in [-0.15, -0.1) is 18.3 Å².